The van der Waals surface area contributed by atoms with E-state index in [1.165, 1.54) is 48.6 Å². The minimum Gasteiger partial charge on any atom is -0.388 e. The summed E-state index contributed by atoms with van der Waals surface area (Å²) in [4.78, 5) is 70.3. The van der Waals surface area contributed by atoms with Crippen LogP contribution in [0.2, 0.25) is 0 Å². The number of nitriles is 1. The van der Waals surface area contributed by atoms with Gasteiger partial charge >= 0.3 is 17.1 Å². The summed E-state index contributed by atoms with van der Waals surface area (Å²) >= 11 is 0. The molecule has 0 spiro atoms. The molecule has 1 heterocycles. The van der Waals surface area contributed by atoms with Crippen molar-refractivity contribution in [2.75, 3.05) is 0 Å². The highest BCUT2D eigenvalue weighted by Gasteiger charge is 2.21. The second-order valence-corrected chi connectivity index (χ2v) is 8.34. The summed E-state index contributed by atoms with van der Waals surface area (Å²) < 4.78 is 7.16. The van der Waals surface area contributed by atoms with Crippen LogP contribution in [-0.4, -0.2) is 25.9 Å². The Morgan fingerprint density at radius 2 is 1.03 bits per heavy atom. The van der Waals surface area contributed by atoms with Crippen molar-refractivity contribution in [3.63, 3.8) is 0 Å². The summed E-state index contributed by atoms with van der Waals surface area (Å²) in [5, 5.41) is 9.00. The van der Waals surface area contributed by atoms with Crippen LogP contribution in [0, 0.1) is 32.3 Å². The fraction of sp³-hybridized carbons (Fsp3) is 0.111. The minimum atomic E-state index is -1.03. The zero-order valence-corrected chi connectivity index (χ0v) is 20.8. The van der Waals surface area contributed by atoms with Gasteiger partial charge in [0.05, 0.1) is 28.4 Å². The molecule has 39 heavy (non-hydrogen) atoms. The van der Waals surface area contributed by atoms with E-state index in [2.05, 4.69) is 9.98 Å². The molecule has 0 saturated heterocycles. The molecule has 0 amide bonds. The van der Waals surface area contributed by atoms with Crippen molar-refractivity contribution in [1.82, 2.24) is 13.7 Å². The second kappa shape index (κ2) is 10.6. The fourth-order valence-corrected chi connectivity index (χ4v) is 3.91. The lowest BCUT2D eigenvalue weighted by Crippen LogP contribution is -2.52. The lowest BCUT2D eigenvalue weighted by atomic mass is 10.1. The normalized spacial score (nSPS) is 10.2. The molecule has 0 fully saturated rings. The maximum atomic E-state index is 13.8. The van der Waals surface area contributed by atoms with Crippen LogP contribution in [0.5, 0.6) is 5.75 Å². The summed E-state index contributed by atoms with van der Waals surface area (Å²) in [5.74, 6) is 0.0986. The first-order valence-electron chi connectivity index (χ1n) is 11.3. The van der Waals surface area contributed by atoms with Crippen LogP contribution in [0.4, 0.5) is 11.4 Å². The first-order chi connectivity index (χ1) is 18.7. The number of aliphatic imine (C=N–C) groups is 2. The average molecular weight is 522 g/mol. The van der Waals surface area contributed by atoms with Crippen molar-refractivity contribution in [2.24, 2.45) is 9.98 Å². The third kappa shape index (κ3) is 4.77. The number of rotatable bonds is 6. The molecule has 1 aromatic heterocycles. The Bertz CT molecular complexity index is 1860. The number of hydrogen-bond acceptors (Lipinski definition) is 9. The molecule has 4 aromatic rings. The van der Waals surface area contributed by atoms with E-state index in [-0.39, 0.29) is 34.2 Å². The highest BCUT2D eigenvalue weighted by Crippen LogP contribution is 2.24. The summed E-state index contributed by atoms with van der Waals surface area (Å²) in [7, 11) is 0. The number of aromatic nitrogens is 3. The Labute approximate surface area is 219 Å². The Morgan fingerprint density at radius 3 is 1.41 bits per heavy atom. The molecule has 0 saturated carbocycles. The van der Waals surface area contributed by atoms with Gasteiger partial charge in [-0.05, 0) is 67.8 Å². The van der Waals surface area contributed by atoms with E-state index in [0.717, 1.165) is 13.7 Å². The Balaban J connectivity index is 2.18. The lowest BCUT2D eigenvalue weighted by Gasteiger charge is -2.16. The van der Waals surface area contributed by atoms with Gasteiger partial charge in [0.25, 0.3) is 6.26 Å². The van der Waals surface area contributed by atoms with Crippen LogP contribution in [0.3, 0.4) is 0 Å². The number of benzene rings is 3. The van der Waals surface area contributed by atoms with Gasteiger partial charge in [-0.25, -0.2) is 37.7 Å². The van der Waals surface area contributed by atoms with Gasteiger partial charge in [0.2, 0.25) is 12.2 Å². The van der Waals surface area contributed by atoms with Gasteiger partial charge in [0.15, 0.2) is 0 Å². The van der Waals surface area contributed by atoms with Gasteiger partial charge in [-0.3, -0.25) is 0 Å². The van der Waals surface area contributed by atoms with E-state index in [1.54, 1.807) is 45.2 Å². The van der Waals surface area contributed by atoms with Crippen LogP contribution in [0.15, 0.2) is 79.0 Å². The van der Waals surface area contributed by atoms with Crippen LogP contribution in [-0.2, 0) is 9.59 Å². The predicted octanol–water partition coefficient (Wildman–Crippen LogP) is 2.86. The number of hydrogen-bond donors (Lipinski definition) is 0. The molecule has 12 heteroatoms. The average Bonchev–Trinajstić information content (AvgIpc) is 2.90. The number of aryl methyl sites for hydroxylation is 3. The smallest absolute Gasteiger partial charge is 0.345 e. The zero-order chi connectivity index (χ0) is 28.3. The standard InChI is InChI=1S/C27H18N6O6/c1-16-4-7-19(10-22(16)29-14-34)31-25(36)32(20-8-5-17(2)23(11-20)30-15-35)27(38)33(26(31)37)21-9-6-18(3)24(12-21)39-13-28/h4-12H,1-3H3. The van der Waals surface area contributed by atoms with E-state index in [9.17, 15) is 24.0 Å². The SMILES string of the molecule is Cc1ccc(-n2c(=O)n(-c3ccc(C)c(N=C=O)c3)c(=O)n(-c3ccc(C)c(OC#N)c3)c2=O)cc1N=C=O. The number of nitrogens with zero attached hydrogens (tertiary/aromatic N) is 6. The molecule has 0 atom stereocenters. The molecule has 12 nitrogen and oxygen atoms in total. The number of carbonyl (C=O) groups excluding carboxylic acids is 2. The molecule has 3 aromatic carbocycles. The molecule has 0 aliphatic heterocycles. The summed E-state index contributed by atoms with van der Waals surface area (Å²) in [5.41, 5.74) is -0.995. The second-order valence-electron chi connectivity index (χ2n) is 8.34. The molecular formula is C27H18N6O6. The van der Waals surface area contributed by atoms with Crippen molar-refractivity contribution in [1.29, 1.82) is 5.26 Å². The minimum absolute atomic E-state index is 0.0137. The fourth-order valence-electron chi connectivity index (χ4n) is 3.91. The van der Waals surface area contributed by atoms with E-state index in [1.807, 2.05) is 0 Å². The van der Waals surface area contributed by atoms with Gasteiger partial charge in [-0.15, -0.1) is 5.26 Å². The predicted molar refractivity (Wildman–Crippen MR) is 139 cm³/mol. The molecule has 0 aliphatic rings. The van der Waals surface area contributed by atoms with Crippen LogP contribution in [0.25, 0.3) is 17.1 Å². The highest BCUT2D eigenvalue weighted by molar-refractivity contribution is 5.59. The molecular weight excluding hydrogens is 504 g/mol. The molecule has 4 rings (SSSR count). The van der Waals surface area contributed by atoms with Gasteiger partial charge in [0, 0.05) is 6.07 Å². The van der Waals surface area contributed by atoms with E-state index >= 15 is 0 Å². The summed E-state index contributed by atoms with van der Waals surface area (Å²) in [6.07, 6.45) is 4.41. The van der Waals surface area contributed by atoms with E-state index in [0.29, 0.717) is 16.7 Å². The molecule has 0 aliphatic carbocycles. The third-order valence-electron chi connectivity index (χ3n) is 5.97. The highest BCUT2D eigenvalue weighted by atomic mass is 16.5. The Kier molecular flexibility index (Phi) is 7.13. The van der Waals surface area contributed by atoms with Gasteiger partial charge in [0.1, 0.15) is 5.75 Å². The van der Waals surface area contributed by atoms with Crippen LogP contribution < -0.4 is 21.8 Å². The largest absolute Gasteiger partial charge is 0.388 e. The van der Waals surface area contributed by atoms with Crippen molar-refractivity contribution >= 4 is 23.5 Å². The maximum Gasteiger partial charge on any atom is 0.345 e. The molecule has 0 unspecified atom stereocenters. The first-order valence-corrected chi connectivity index (χ1v) is 11.3. The molecule has 0 N–H and O–H groups in total. The van der Waals surface area contributed by atoms with Crippen molar-refractivity contribution in [3.8, 4) is 29.1 Å². The quantitative estimate of drug-likeness (QED) is 0.214. The van der Waals surface area contributed by atoms with E-state index in [4.69, 9.17) is 10.00 Å². The number of isocyanates is 2. The van der Waals surface area contributed by atoms with Gasteiger partial charge in [-0.2, -0.15) is 9.98 Å². The lowest BCUT2D eigenvalue weighted by molar-refractivity contribution is 0.502. The van der Waals surface area contributed by atoms with E-state index < -0.39 is 17.1 Å². The van der Waals surface area contributed by atoms with Crippen molar-refractivity contribution in [2.45, 2.75) is 20.8 Å². The monoisotopic (exact) mass is 522 g/mol. The van der Waals surface area contributed by atoms with Crippen LogP contribution >= 0.6 is 0 Å². The van der Waals surface area contributed by atoms with Crippen LogP contribution in [0.1, 0.15) is 16.7 Å². The van der Waals surface area contributed by atoms with Crippen molar-refractivity contribution in [3.05, 3.63) is 103 Å². The molecule has 0 bridgehead atoms. The maximum absolute atomic E-state index is 13.8. The molecule has 192 valence electrons. The summed E-state index contributed by atoms with van der Waals surface area (Å²) in [6, 6.07) is 13.0. The van der Waals surface area contributed by atoms with Crippen molar-refractivity contribution < 1.29 is 14.3 Å². The van der Waals surface area contributed by atoms with Gasteiger partial charge < -0.3 is 4.74 Å². The van der Waals surface area contributed by atoms with Gasteiger partial charge in [-0.1, -0.05) is 18.2 Å². The Hall–Kier alpha value is -5.88. The summed E-state index contributed by atoms with van der Waals surface area (Å²) in [6.45, 7) is 5.01. The molecule has 0 radical (unpaired) electrons. The number of ether oxygens (including phenoxy) is 1. The topological polar surface area (TPSA) is 158 Å². The third-order valence-corrected chi connectivity index (χ3v) is 5.97. The Morgan fingerprint density at radius 1 is 0.641 bits per heavy atom. The first kappa shape index (κ1) is 26.2. The zero-order valence-electron chi connectivity index (χ0n) is 20.8.